The van der Waals surface area contributed by atoms with Crippen LogP contribution in [0.4, 0.5) is 5.69 Å². The summed E-state index contributed by atoms with van der Waals surface area (Å²) >= 11 is 0. The lowest BCUT2D eigenvalue weighted by molar-refractivity contribution is -0.124. The molecule has 8 nitrogen and oxygen atoms in total. The summed E-state index contributed by atoms with van der Waals surface area (Å²) in [6.07, 6.45) is 0.546. The van der Waals surface area contributed by atoms with E-state index in [0.29, 0.717) is 34.7 Å². The van der Waals surface area contributed by atoms with Gasteiger partial charge in [-0.15, -0.1) is 0 Å². The van der Waals surface area contributed by atoms with Crippen LogP contribution in [-0.2, 0) is 9.53 Å². The molecule has 3 aromatic rings. The molecule has 1 heterocycles. The largest absolute Gasteiger partial charge is 0.497 e. The van der Waals surface area contributed by atoms with Crippen molar-refractivity contribution in [3.05, 3.63) is 48.4 Å². The fraction of sp³-hybridized carbons (Fsp3) is 0.250. The van der Waals surface area contributed by atoms with E-state index in [4.69, 9.17) is 18.6 Å². The zero-order valence-corrected chi connectivity index (χ0v) is 15.7. The van der Waals surface area contributed by atoms with Gasteiger partial charge in [0, 0.05) is 6.07 Å². The summed E-state index contributed by atoms with van der Waals surface area (Å²) in [5.74, 6) is -0.115. The number of methoxy groups -OCH3 is 2. The Kier molecular flexibility index (Phi) is 5.78. The lowest BCUT2D eigenvalue weighted by atomic mass is 10.2. The Morgan fingerprint density at radius 3 is 2.71 bits per heavy atom. The highest BCUT2D eigenvalue weighted by atomic mass is 16.5. The molecular weight excluding hydrogens is 364 g/mol. The number of nitrogens with zero attached hydrogens (tertiary/aromatic N) is 1. The third kappa shape index (κ3) is 3.90. The smallest absolute Gasteiger partial charge is 0.341 e. The van der Waals surface area contributed by atoms with Gasteiger partial charge < -0.3 is 23.9 Å². The standard InChI is InChI=1S/C20H20N2O6/c1-4-15(19(23)22-14-10-12(25-2)8-9-16(14)26-3)28-20(24)13-6-5-7-17-18(13)21-11-27-17/h5-11,15H,4H2,1-3H3,(H,22,23). The Balaban J connectivity index is 1.77. The summed E-state index contributed by atoms with van der Waals surface area (Å²) in [4.78, 5) is 29.3. The number of hydrogen-bond donors (Lipinski definition) is 1. The lowest BCUT2D eigenvalue weighted by Gasteiger charge is -2.17. The van der Waals surface area contributed by atoms with Gasteiger partial charge in [0.05, 0.1) is 25.5 Å². The molecule has 28 heavy (non-hydrogen) atoms. The molecule has 0 saturated heterocycles. The van der Waals surface area contributed by atoms with Crippen LogP contribution >= 0.6 is 0 Å². The summed E-state index contributed by atoms with van der Waals surface area (Å²) in [5.41, 5.74) is 1.50. The van der Waals surface area contributed by atoms with Crippen molar-refractivity contribution in [2.45, 2.75) is 19.4 Å². The van der Waals surface area contributed by atoms with Crippen molar-refractivity contribution in [1.82, 2.24) is 4.98 Å². The Morgan fingerprint density at radius 1 is 1.18 bits per heavy atom. The summed E-state index contributed by atoms with van der Waals surface area (Å²) in [5, 5.41) is 2.72. The third-order valence-corrected chi connectivity index (χ3v) is 4.16. The molecule has 1 atom stereocenters. The molecule has 0 aliphatic carbocycles. The zero-order chi connectivity index (χ0) is 20.1. The van der Waals surface area contributed by atoms with E-state index in [1.54, 1.807) is 43.3 Å². The maximum absolute atomic E-state index is 12.7. The molecule has 0 aliphatic heterocycles. The number of para-hydroxylation sites is 1. The summed E-state index contributed by atoms with van der Waals surface area (Å²) in [6, 6.07) is 9.94. The van der Waals surface area contributed by atoms with Gasteiger partial charge in [0.1, 0.15) is 17.0 Å². The van der Waals surface area contributed by atoms with E-state index < -0.39 is 18.0 Å². The second-order valence-electron chi connectivity index (χ2n) is 5.86. The van der Waals surface area contributed by atoms with E-state index in [-0.39, 0.29) is 5.56 Å². The van der Waals surface area contributed by atoms with Gasteiger partial charge in [0.25, 0.3) is 5.91 Å². The minimum atomic E-state index is -0.995. The number of benzene rings is 2. The topological polar surface area (TPSA) is 99.9 Å². The van der Waals surface area contributed by atoms with E-state index in [0.717, 1.165) is 0 Å². The first-order chi connectivity index (χ1) is 13.6. The molecule has 1 aromatic heterocycles. The van der Waals surface area contributed by atoms with Crippen LogP contribution in [0.2, 0.25) is 0 Å². The number of hydrogen-bond acceptors (Lipinski definition) is 7. The SMILES string of the molecule is CCC(OC(=O)c1cccc2ocnc12)C(=O)Nc1cc(OC)ccc1OC. The molecule has 0 saturated carbocycles. The van der Waals surface area contributed by atoms with Gasteiger partial charge in [0.2, 0.25) is 0 Å². The highest BCUT2D eigenvalue weighted by molar-refractivity contribution is 6.03. The van der Waals surface area contributed by atoms with Crippen molar-refractivity contribution in [3.63, 3.8) is 0 Å². The predicted octanol–water partition coefficient (Wildman–Crippen LogP) is 3.42. The van der Waals surface area contributed by atoms with E-state index >= 15 is 0 Å². The Bertz CT molecular complexity index is 997. The number of carbonyl (C=O) groups excluding carboxylic acids is 2. The van der Waals surface area contributed by atoms with Gasteiger partial charge in [-0.2, -0.15) is 0 Å². The quantitative estimate of drug-likeness (QED) is 0.623. The summed E-state index contributed by atoms with van der Waals surface area (Å²) < 4.78 is 21.0. The van der Waals surface area contributed by atoms with Crippen LogP contribution < -0.4 is 14.8 Å². The Labute approximate surface area is 161 Å². The second-order valence-corrected chi connectivity index (χ2v) is 5.86. The molecule has 0 aliphatic rings. The molecule has 0 spiro atoms. The average molecular weight is 384 g/mol. The molecule has 0 radical (unpaired) electrons. The van der Waals surface area contributed by atoms with Crippen LogP contribution in [0.25, 0.3) is 11.1 Å². The first-order valence-corrected chi connectivity index (χ1v) is 8.63. The zero-order valence-electron chi connectivity index (χ0n) is 15.7. The minimum absolute atomic E-state index is 0.233. The predicted molar refractivity (Wildman–Crippen MR) is 102 cm³/mol. The van der Waals surface area contributed by atoms with E-state index in [1.807, 2.05) is 0 Å². The van der Waals surface area contributed by atoms with Gasteiger partial charge in [-0.1, -0.05) is 13.0 Å². The first-order valence-electron chi connectivity index (χ1n) is 8.63. The van der Waals surface area contributed by atoms with Crippen LogP contribution in [0, 0.1) is 0 Å². The van der Waals surface area contributed by atoms with Gasteiger partial charge in [-0.05, 0) is 30.7 Å². The minimum Gasteiger partial charge on any atom is -0.497 e. The van der Waals surface area contributed by atoms with Crippen LogP contribution in [-0.4, -0.2) is 37.2 Å². The van der Waals surface area contributed by atoms with Crippen LogP contribution in [0.1, 0.15) is 23.7 Å². The maximum atomic E-state index is 12.7. The summed E-state index contributed by atoms with van der Waals surface area (Å²) in [7, 11) is 3.02. The molecule has 3 rings (SSSR count). The number of esters is 1. The maximum Gasteiger partial charge on any atom is 0.341 e. The van der Waals surface area contributed by atoms with Crippen LogP contribution in [0.5, 0.6) is 11.5 Å². The van der Waals surface area contributed by atoms with Crippen LogP contribution in [0.3, 0.4) is 0 Å². The Hall–Kier alpha value is -3.55. The molecule has 146 valence electrons. The average Bonchev–Trinajstić information content (AvgIpc) is 3.20. The van der Waals surface area contributed by atoms with Crippen molar-refractivity contribution in [2.24, 2.45) is 0 Å². The third-order valence-electron chi connectivity index (χ3n) is 4.16. The number of carbonyl (C=O) groups is 2. The van der Waals surface area contributed by atoms with E-state index in [2.05, 4.69) is 10.3 Å². The van der Waals surface area contributed by atoms with Crippen molar-refractivity contribution in [1.29, 1.82) is 0 Å². The molecule has 8 heteroatoms. The number of rotatable bonds is 7. The number of ether oxygens (including phenoxy) is 3. The van der Waals surface area contributed by atoms with Crippen LogP contribution in [0.15, 0.2) is 47.2 Å². The molecule has 0 fully saturated rings. The molecule has 1 N–H and O–H groups in total. The van der Waals surface area contributed by atoms with Gasteiger partial charge in [0.15, 0.2) is 18.1 Å². The number of aromatic nitrogens is 1. The lowest BCUT2D eigenvalue weighted by Crippen LogP contribution is -2.32. The summed E-state index contributed by atoms with van der Waals surface area (Å²) in [6.45, 7) is 1.75. The van der Waals surface area contributed by atoms with E-state index in [1.165, 1.54) is 20.6 Å². The number of nitrogens with one attached hydrogen (secondary N) is 1. The van der Waals surface area contributed by atoms with Crippen molar-refractivity contribution < 1.29 is 28.2 Å². The molecule has 0 bridgehead atoms. The number of oxazole rings is 1. The van der Waals surface area contributed by atoms with Crippen molar-refractivity contribution >= 4 is 28.7 Å². The van der Waals surface area contributed by atoms with Crippen molar-refractivity contribution in [3.8, 4) is 11.5 Å². The number of anilines is 1. The fourth-order valence-electron chi connectivity index (χ4n) is 2.69. The fourth-order valence-corrected chi connectivity index (χ4v) is 2.69. The van der Waals surface area contributed by atoms with E-state index in [9.17, 15) is 9.59 Å². The Morgan fingerprint density at radius 2 is 2.00 bits per heavy atom. The van der Waals surface area contributed by atoms with Crippen molar-refractivity contribution in [2.75, 3.05) is 19.5 Å². The first kappa shape index (κ1) is 19.2. The molecule has 1 unspecified atom stereocenters. The molecular formula is C20H20N2O6. The highest BCUT2D eigenvalue weighted by Crippen LogP contribution is 2.29. The second kappa shape index (κ2) is 8.43. The number of amides is 1. The van der Waals surface area contributed by atoms with Gasteiger partial charge >= 0.3 is 5.97 Å². The monoisotopic (exact) mass is 384 g/mol. The van der Waals surface area contributed by atoms with Gasteiger partial charge in [-0.25, -0.2) is 9.78 Å². The normalized spacial score (nSPS) is 11.7. The molecule has 2 aromatic carbocycles. The highest BCUT2D eigenvalue weighted by Gasteiger charge is 2.24. The number of fused-ring (bicyclic) bond motifs is 1. The van der Waals surface area contributed by atoms with Gasteiger partial charge in [-0.3, -0.25) is 4.79 Å². The molecule has 1 amide bonds.